The van der Waals surface area contributed by atoms with Gasteiger partial charge in [-0.05, 0) is 19.4 Å². The van der Waals surface area contributed by atoms with Crippen LogP contribution in [0, 0.1) is 5.41 Å². The summed E-state index contributed by atoms with van der Waals surface area (Å²) >= 11 is 0. The van der Waals surface area contributed by atoms with Crippen molar-refractivity contribution in [3.8, 4) is 0 Å². The summed E-state index contributed by atoms with van der Waals surface area (Å²) in [5.41, 5.74) is 5.20. The molecule has 0 amide bonds. The van der Waals surface area contributed by atoms with Gasteiger partial charge in [0.2, 0.25) is 11.4 Å². The number of fused-ring (bicyclic) bond motifs is 1. The van der Waals surface area contributed by atoms with Gasteiger partial charge in [0.1, 0.15) is 5.41 Å². The highest BCUT2D eigenvalue weighted by Crippen LogP contribution is 2.46. The van der Waals surface area contributed by atoms with Crippen LogP contribution in [-0.2, 0) is 14.3 Å². The number of hydrogen-bond donors (Lipinski definition) is 1. The number of rotatable bonds is 2. The molecule has 0 spiro atoms. The van der Waals surface area contributed by atoms with Crippen LogP contribution in [0.3, 0.4) is 0 Å². The van der Waals surface area contributed by atoms with E-state index >= 15 is 0 Å². The predicted molar refractivity (Wildman–Crippen MR) is 65.2 cm³/mol. The molecule has 2 rings (SSSR count). The van der Waals surface area contributed by atoms with Gasteiger partial charge in [0, 0.05) is 6.42 Å². The summed E-state index contributed by atoms with van der Waals surface area (Å²) in [5, 5.41) is 10.7. The lowest BCUT2D eigenvalue weighted by Crippen LogP contribution is -2.62. The first-order valence-electron chi connectivity index (χ1n) is 6.04. The molecule has 6 nitrogen and oxygen atoms in total. The van der Waals surface area contributed by atoms with Crippen LogP contribution in [0.2, 0.25) is 0 Å². The van der Waals surface area contributed by atoms with Crippen molar-refractivity contribution >= 4 is 17.5 Å². The number of ketones is 1. The number of allylic oxidation sites excluding steroid dienone is 2. The highest BCUT2D eigenvalue weighted by molar-refractivity contribution is 6.42. The third kappa shape index (κ3) is 1.69. The Morgan fingerprint density at radius 1 is 1.53 bits per heavy atom. The van der Waals surface area contributed by atoms with Crippen LogP contribution < -0.4 is 0 Å². The molecule has 2 atom stereocenters. The van der Waals surface area contributed by atoms with Gasteiger partial charge in [-0.25, -0.2) is 0 Å². The number of Topliss-reactive ketones (excluding diaryl/α,β-unsaturated/α-hetero) is 1. The minimum Gasteiger partial charge on any atom is -0.465 e. The summed E-state index contributed by atoms with van der Waals surface area (Å²) in [7, 11) is 0. The van der Waals surface area contributed by atoms with Gasteiger partial charge in [-0.3, -0.25) is 9.59 Å². The van der Waals surface area contributed by atoms with Crippen molar-refractivity contribution < 1.29 is 24.2 Å². The predicted octanol–water partition coefficient (Wildman–Crippen LogP) is 0.427. The fraction of sp³-hybridized carbons (Fsp3) is 0.462. The van der Waals surface area contributed by atoms with Crippen LogP contribution in [0.25, 0.3) is 5.53 Å². The van der Waals surface area contributed by atoms with E-state index in [4.69, 9.17) is 10.3 Å². The molecule has 0 aromatic heterocycles. The van der Waals surface area contributed by atoms with E-state index in [9.17, 15) is 14.7 Å². The topological polar surface area (TPSA) is 100 Å². The van der Waals surface area contributed by atoms with Gasteiger partial charge in [-0.2, -0.15) is 4.79 Å². The first kappa shape index (κ1) is 13.4. The first-order valence-corrected chi connectivity index (χ1v) is 6.04. The summed E-state index contributed by atoms with van der Waals surface area (Å²) in [6.07, 6.45) is 6.02. The van der Waals surface area contributed by atoms with Gasteiger partial charge in [0.25, 0.3) is 0 Å². The maximum Gasteiger partial charge on any atom is 0.371 e. The number of carbonyl (C=O) groups is 2. The van der Waals surface area contributed by atoms with Crippen LogP contribution in [0.15, 0.2) is 24.3 Å². The van der Waals surface area contributed by atoms with Crippen molar-refractivity contribution in [2.45, 2.75) is 25.4 Å². The zero-order valence-electron chi connectivity index (χ0n) is 10.5. The van der Waals surface area contributed by atoms with Gasteiger partial charge >= 0.3 is 11.7 Å². The Kier molecular flexibility index (Phi) is 3.22. The van der Waals surface area contributed by atoms with Crippen molar-refractivity contribution in [3.63, 3.8) is 0 Å². The maximum atomic E-state index is 12.2. The minimum atomic E-state index is -1.96. The van der Waals surface area contributed by atoms with E-state index in [0.29, 0.717) is 0 Å². The van der Waals surface area contributed by atoms with Gasteiger partial charge in [0.15, 0.2) is 0 Å². The minimum absolute atomic E-state index is 0.0126. The molecule has 1 saturated carbocycles. The number of aliphatic hydroxyl groups is 1. The van der Waals surface area contributed by atoms with E-state index in [2.05, 4.69) is 4.79 Å². The largest absolute Gasteiger partial charge is 0.465 e. The van der Waals surface area contributed by atoms with Crippen LogP contribution in [0.1, 0.15) is 19.8 Å². The number of hydrogen-bond acceptors (Lipinski definition) is 4. The van der Waals surface area contributed by atoms with Crippen LogP contribution in [-0.4, -0.2) is 39.6 Å². The number of nitrogens with zero attached hydrogens (tertiary/aromatic N) is 2. The third-order valence-electron chi connectivity index (χ3n) is 3.62. The van der Waals surface area contributed by atoms with E-state index in [-0.39, 0.29) is 19.4 Å². The highest BCUT2D eigenvalue weighted by atomic mass is 16.5. The molecule has 0 radical (unpaired) electrons. The Labute approximate surface area is 110 Å². The molecular weight excluding hydrogens is 248 g/mol. The van der Waals surface area contributed by atoms with Crippen molar-refractivity contribution in [2.75, 3.05) is 6.61 Å². The molecule has 0 saturated heterocycles. The third-order valence-corrected chi connectivity index (χ3v) is 3.62. The Morgan fingerprint density at radius 2 is 2.21 bits per heavy atom. The summed E-state index contributed by atoms with van der Waals surface area (Å²) in [6, 6.07) is 0. The second-order valence-corrected chi connectivity index (χ2v) is 4.55. The quantitative estimate of drug-likeness (QED) is 0.443. The van der Waals surface area contributed by atoms with Crippen LogP contribution in [0.4, 0.5) is 0 Å². The number of ether oxygens (including phenoxy) is 1. The van der Waals surface area contributed by atoms with Crippen LogP contribution >= 0.6 is 0 Å². The van der Waals surface area contributed by atoms with Crippen LogP contribution in [0.5, 0.6) is 0 Å². The molecule has 2 aliphatic carbocycles. The second-order valence-electron chi connectivity index (χ2n) is 4.55. The Balaban J connectivity index is 2.60. The molecule has 0 aliphatic heterocycles. The van der Waals surface area contributed by atoms with Crippen molar-refractivity contribution in [1.29, 1.82) is 0 Å². The molecule has 6 heteroatoms. The standard InChI is InChI=1S/C13H14N2O4/c1-2-19-11(17)12-6-3-4-7-13(12,18)10(15-14)9(16)5-8-12/h3-4,6-7,18H,2,5,8H2,1H3/t12-,13-/m0/s1. The molecule has 1 fully saturated rings. The summed E-state index contributed by atoms with van der Waals surface area (Å²) in [5.74, 6) is -1.11. The van der Waals surface area contributed by atoms with Crippen molar-refractivity contribution in [1.82, 2.24) is 0 Å². The van der Waals surface area contributed by atoms with E-state index in [0.717, 1.165) is 0 Å². The van der Waals surface area contributed by atoms with E-state index < -0.39 is 28.5 Å². The zero-order valence-corrected chi connectivity index (χ0v) is 10.5. The monoisotopic (exact) mass is 262 g/mol. The molecule has 0 unspecified atom stereocenters. The molecule has 19 heavy (non-hydrogen) atoms. The van der Waals surface area contributed by atoms with Crippen molar-refractivity contribution in [2.24, 2.45) is 5.41 Å². The molecule has 2 aliphatic rings. The number of carbonyl (C=O) groups excluding carboxylic acids is 2. The highest BCUT2D eigenvalue weighted by Gasteiger charge is 2.66. The SMILES string of the molecule is CCOC(=O)[C@@]12C=CC=C[C@]1(O)C(=[N+]=[N-])C(=O)CC2. The Morgan fingerprint density at radius 3 is 2.84 bits per heavy atom. The lowest BCUT2D eigenvalue weighted by Gasteiger charge is -2.42. The lowest BCUT2D eigenvalue weighted by molar-refractivity contribution is -0.165. The maximum absolute atomic E-state index is 12.2. The number of esters is 1. The van der Waals surface area contributed by atoms with Gasteiger partial charge < -0.3 is 15.4 Å². The van der Waals surface area contributed by atoms with Gasteiger partial charge in [0.05, 0.1) is 6.61 Å². The normalized spacial score (nSPS) is 32.7. The fourth-order valence-electron chi connectivity index (χ4n) is 2.61. The second kappa shape index (κ2) is 4.57. The molecular formula is C13H14N2O4. The van der Waals surface area contributed by atoms with Gasteiger partial charge in [-0.1, -0.05) is 18.2 Å². The average Bonchev–Trinajstić information content (AvgIpc) is 2.38. The summed E-state index contributed by atoms with van der Waals surface area (Å²) in [6.45, 7) is 1.82. The zero-order chi connectivity index (χ0) is 14.1. The smallest absolute Gasteiger partial charge is 0.371 e. The van der Waals surface area contributed by atoms with Crippen molar-refractivity contribution in [3.05, 3.63) is 29.8 Å². The van der Waals surface area contributed by atoms with Gasteiger partial charge in [-0.15, -0.1) is 0 Å². The van der Waals surface area contributed by atoms with E-state index in [1.165, 1.54) is 18.2 Å². The summed E-state index contributed by atoms with van der Waals surface area (Å²) in [4.78, 5) is 26.9. The Bertz CT molecular complexity index is 545. The van der Waals surface area contributed by atoms with E-state index in [1.54, 1.807) is 13.0 Å². The molecule has 0 aromatic carbocycles. The lowest BCUT2D eigenvalue weighted by atomic mass is 9.60. The Hall–Kier alpha value is -2.04. The molecule has 0 aromatic rings. The molecule has 0 heterocycles. The molecule has 100 valence electrons. The average molecular weight is 262 g/mol. The fourth-order valence-corrected chi connectivity index (χ4v) is 2.61. The van der Waals surface area contributed by atoms with E-state index in [1.807, 2.05) is 0 Å². The summed E-state index contributed by atoms with van der Waals surface area (Å²) < 4.78 is 5.00. The first-order chi connectivity index (χ1) is 9.02. The molecule has 0 bridgehead atoms. The molecule has 1 N–H and O–H groups in total.